The highest BCUT2D eigenvalue weighted by Gasteiger charge is 2.26. The van der Waals surface area contributed by atoms with Crippen LogP contribution in [-0.2, 0) is 23.0 Å². The number of sulfonamides is 1. The van der Waals surface area contributed by atoms with E-state index in [4.69, 9.17) is 4.52 Å². The van der Waals surface area contributed by atoms with Gasteiger partial charge in [-0.2, -0.15) is 4.98 Å². The van der Waals surface area contributed by atoms with Gasteiger partial charge in [0.1, 0.15) is 0 Å². The van der Waals surface area contributed by atoms with E-state index in [1.807, 2.05) is 0 Å². The van der Waals surface area contributed by atoms with E-state index in [1.165, 1.54) is 15.5 Å². The minimum Gasteiger partial charge on any atom is -0.339 e. The second-order valence-corrected chi connectivity index (χ2v) is 9.36. The molecule has 1 aliphatic rings. The highest BCUT2D eigenvalue weighted by molar-refractivity contribution is 7.88. The maximum absolute atomic E-state index is 12.2. The molecule has 0 bridgehead atoms. The Kier molecular flexibility index (Phi) is 6.99. The lowest BCUT2D eigenvalue weighted by atomic mass is 10.00. The third-order valence-electron chi connectivity index (χ3n) is 4.31. The van der Waals surface area contributed by atoms with Gasteiger partial charge in [-0.3, -0.25) is 0 Å². The summed E-state index contributed by atoms with van der Waals surface area (Å²) >= 11 is 0. The summed E-state index contributed by atoms with van der Waals surface area (Å²) in [7, 11) is -1.51. The Hall–Kier alpha value is -1.68. The van der Waals surface area contributed by atoms with Gasteiger partial charge in [0.25, 0.3) is 0 Å². The topological polar surface area (TPSA) is 109 Å². The molecule has 1 fully saturated rings. The predicted octanol–water partition coefficient (Wildman–Crippen LogP) is 1.08. The molecule has 2 heterocycles. The van der Waals surface area contributed by atoms with E-state index < -0.39 is 10.0 Å². The number of carbonyl (C=O) groups excluding carboxylic acids is 1. The Morgan fingerprint density at radius 3 is 2.85 bits per heavy atom. The molecule has 0 saturated carbocycles. The molecular formula is C16H29N5O4S. The van der Waals surface area contributed by atoms with Crippen LogP contribution >= 0.6 is 0 Å². The molecule has 0 aromatic carbocycles. The number of urea groups is 1. The minimum absolute atomic E-state index is 0.124. The maximum atomic E-state index is 12.2. The molecule has 2 rings (SSSR count). The first kappa shape index (κ1) is 20.6. The van der Waals surface area contributed by atoms with Crippen LogP contribution in [0.1, 0.15) is 38.4 Å². The maximum Gasteiger partial charge on any atom is 0.317 e. The summed E-state index contributed by atoms with van der Waals surface area (Å²) in [5.41, 5.74) is 0. The third kappa shape index (κ3) is 6.24. The minimum atomic E-state index is -3.18. The summed E-state index contributed by atoms with van der Waals surface area (Å²) in [5.74, 6) is 1.59. The standard InChI is InChI=1S/C16H29N5O4S/c1-12(2)8-15-18-14(19-25-15)11-20(3)16(22)17-9-13-6-5-7-21(10-13)26(4,23)24/h12-13H,5-11H2,1-4H3,(H,17,22). The molecule has 1 atom stereocenters. The first-order chi connectivity index (χ1) is 12.1. The van der Waals surface area contributed by atoms with Crippen LogP contribution < -0.4 is 5.32 Å². The van der Waals surface area contributed by atoms with Gasteiger partial charge in [-0.15, -0.1) is 0 Å². The number of hydrogen-bond donors (Lipinski definition) is 1. The molecule has 2 amide bonds. The first-order valence-electron chi connectivity index (χ1n) is 8.90. The van der Waals surface area contributed by atoms with Gasteiger partial charge < -0.3 is 14.7 Å². The average Bonchev–Trinajstić information content (AvgIpc) is 2.98. The molecule has 1 aromatic rings. The number of nitrogens with one attached hydrogen (secondary N) is 1. The smallest absolute Gasteiger partial charge is 0.317 e. The molecule has 0 aliphatic carbocycles. The second-order valence-electron chi connectivity index (χ2n) is 7.37. The Balaban J connectivity index is 1.79. The van der Waals surface area contributed by atoms with E-state index in [2.05, 4.69) is 29.3 Å². The zero-order valence-electron chi connectivity index (χ0n) is 15.9. The van der Waals surface area contributed by atoms with Crippen molar-refractivity contribution in [2.24, 2.45) is 11.8 Å². The highest BCUT2D eigenvalue weighted by atomic mass is 32.2. The molecule has 1 N–H and O–H groups in total. The quantitative estimate of drug-likeness (QED) is 0.750. The Bertz CT molecular complexity index is 703. The van der Waals surface area contributed by atoms with Crippen LogP contribution in [0.25, 0.3) is 0 Å². The third-order valence-corrected chi connectivity index (χ3v) is 5.58. The van der Waals surface area contributed by atoms with Gasteiger partial charge in [0, 0.05) is 33.1 Å². The molecule has 0 spiro atoms. The van der Waals surface area contributed by atoms with Crippen molar-refractivity contribution in [1.29, 1.82) is 0 Å². The zero-order valence-corrected chi connectivity index (χ0v) is 16.8. The number of rotatable bonds is 7. The molecule has 26 heavy (non-hydrogen) atoms. The number of hydrogen-bond acceptors (Lipinski definition) is 6. The SMILES string of the molecule is CC(C)Cc1nc(CN(C)C(=O)NCC2CCCN(S(C)(=O)=O)C2)no1. The predicted molar refractivity (Wildman–Crippen MR) is 96.8 cm³/mol. The Morgan fingerprint density at radius 1 is 1.46 bits per heavy atom. The Morgan fingerprint density at radius 2 is 2.19 bits per heavy atom. The van der Waals surface area contributed by atoms with Crippen LogP contribution in [-0.4, -0.2) is 66.7 Å². The van der Waals surface area contributed by atoms with Crippen molar-refractivity contribution in [2.75, 3.05) is 32.9 Å². The van der Waals surface area contributed by atoms with E-state index in [-0.39, 0.29) is 18.5 Å². The molecule has 1 aliphatic heterocycles. The van der Waals surface area contributed by atoms with Crippen LogP contribution in [0.5, 0.6) is 0 Å². The molecule has 1 saturated heterocycles. The molecule has 1 aromatic heterocycles. The van der Waals surface area contributed by atoms with Crippen LogP contribution in [0.4, 0.5) is 4.79 Å². The van der Waals surface area contributed by atoms with E-state index >= 15 is 0 Å². The van der Waals surface area contributed by atoms with E-state index in [9.17, 15) is 13.2 Å². The molecule has 9 nitrogen and oxygen atoms in total. The summed E-state index contributed by atoms with van der Waals surface area (Å²) < 4.78 is 30.0. The molecule has 1 unspecified atom stereocenters. The van der Waals surface area contributed by atoms with Gasteiger partial charge in [-0.25, -0.2) is 17.5 Å². The summed E-state index contributed by atoms with van der Waals surface area (Å²) in [5, 5.41) is 6.76. The van der Waals surface area contributed by atoms with Crippen molar-refractivity contribution < 1.29 is 17.7 Å². The Labute approximate surface area is 155 Å². The van der Waals surface area contributed by atoms with E-state index in [1.54, 1.807) is 7.05 Å². The van der Waals surface area contributed by atoms with Gasteiger partial charge in [0.05, 0.1) is 12.8 Å². The van der Waals surface area contributed by atoms with Gasteiger partial charge in [0.15, 0.2) is 5.82 Å². The summed E-state index contributed by atoms with van der Waals surface area (Å²) in [6.07, 6.45) is 3.64. The number of nitrogens with zero attached hydrogens (tertiary/aromatic N) is 4. The van der Waals surface area contributed by atoms with Crippen LogP contribution in [0, 0.1) is 11.8 Å². The van der Waals surface area contributed by atoms with Crippen LogP contribution in [0.2, 0.25) is 0 Å². The lowest BCUT2D eigenvalue weighted by Gasteiger charge is -2.31. The fraction of sp³-hybridized carbons (Fsp3) is 0.812. The molecular weight excluding hydrogens is 358 g/mol. The number of aromatic nitrogens is 2. The fourth-order valence-electron chi connectivity index (χ4n) is 2.93. The normalized spacial score (nSPS) is 18.9. The van der Waals surface area contributed by atoms with Crippen molar-refractivity contribution in [3.8, 4) is 0 Å². The summed E-state index contributed by atoms with van der Waals surface area (Å²) in [4.78, 5) is 18.0. The van der Waals surface area contributed by atoms with Crippen molar-refractivity contribution in [3.63, 3.8) is 0 Å². The van der Waals surface area contributed by atoms with Gasteiger partial charge in [-0.1, -0.05) is 19.0 Å². The van der Waals surface area contributed by atoms with Gasteiger partial charge >= 0.3 is 6.03 Å². The van der Waals surface area contributed by atoms with Crippen LogP contribution in [0.15, 0.2) is 4.52 Å². The van der Waals surface area contributed by atoms with Crippen LogP contribution in [0.3, 0.4) is 0 Å². The van der Waals surface area contributed by atoms with E-state index in [0.29, 0.717) is 43.7 Å². The summed E-state index contributed by atoms with van der Waals surface area (Å²) in [6, 6.07) is -0.239. The first-order valence-corrected chi connectivity index (χ1v) is 10.8. The lowest BCUT2D eigenvalue weighted by Crippen LogP contribution is -2.45. The fourth-order valence-corrected chi connectivity index (χ4v) is 3.87. The number of amides is 2. The molecule has 148 valence electrons. The van der Waals surface area contributed by atoms with Gasteiger partial charge in [0.2, 0.25) is 15.9 Å². The molecule has 10 heteroatoms. The van der Waals surface area contributed by atoms with Crippen molar-refractivity contribution in [3.05, 3.63) is 11.7 Å². The zero-order chi connectivity index (χ0) is 19.3. The highest BCUT2D eigenvalue weighted by Crippen LogP contribution is 2.18. The van der Waals surface area contributed by atoms with Crippen molar-refractivity contribution in [2.45, 2.75) is 39.7 Å². The monoisotopic (exact) mass is 387 g/mol. The lowest BCUT2D eigenvalue weighted by molar-refractivity contribution is 0.198. The van der Waals surface area contributed by atoms with Crippen molar-refractivity contribution >= 4 is 16.1 Å². The largest absolute Gasteiger partial charge is 0.339 e. The number of carbonyl (C=O) groups is 1. The van der Waals surface area contributed by atoms with E-state index in [0.717, 1.165) is 12.8 Å². The molecule has 0 radical (unpaired) electrons. The second kappa shape index (κ2) is 8.81. The average molecular weight is 388 g/mol. The van der Waals surface area contributed by atoms with Crippen molar-refractivity contribution in [1.82, 2.24) is 24.7 Å². The summed E-state index contributed by atoms with van der Waals surface area (Å²) in [6.45, 7) is 5.85. The van der Waals surface area contributed by atoms with Gasteiger partial charge in [-0.05, 0) is 24.7 Å². The number of piperidine rings is 1.